The molecule has 2 atom stereocenters. The van der Waals surface area contributed by atoms with Crippen LogP contribution in [0.25, 0.3) is 11.1 Å². The number of nitrogens with one attached hydrogen (secondary N) is 1. The van der Waals surface area contributed by atoms with Crippen LogP contribution in [0.5, 0.6) is 0 Å². The highest BCUT2D eigenvalue weighted by molar-refractivity contribution is 5.89. The quantitative estimate of drug-likeness (QED) is 0.648. The molecule has 0 radical (unpaired) electrons. The Bertz CT molecular complexity index is 1040. The Balaban J connectivity index is 1.43. The van der Waals surface area contributed by atoms with Crippen molar-refractivity contribution < 1.29 is 29.0 Å². The molecule has 0 spiro atoms. The zero-order valence-electron chi connectivity index (χ0n) is 19.5. The molecule has 2 aliphatic rings. The number of hydrogen-bond donors (Lipinski definition) is 2. The third kappa shape index (κ3) is 4.92. The molecule has 1 heterocycles. The van der Waals surface area contributed by atoms with E-state index in [1.165, 1.54) is 0 Å². The number of carboxylic acid groups (broad SMARTS) is 1. The Morgan fingerprint density at radius 2 is 1.74 bits per heavy atom. The van der Waals surface area contributed by atoms with Crippen molar-refractivity contribution in [2.75, 3.05) is 26.8 Å². The Hall–Kier alpha value is -3.39. The molecular weight excluding hydrogens is 436 g/mol. The second kappa shape index (κ2) is 9.85. The number of hydrogen-bond acceptors (Lipinski definition) is 5. The number of nitrogens with zero attached hydrogens (tertiary/aromatic N) is 1. The van der Waals surface area contributed by atoms with Crippen LogP contribution >= 0.6 is 0 Å². The highest BCUT2D eigenvalue weighted by Gasteiger charge is 2.37. The van der Waals surface area contributed by atoms with Crippen molar-refractivity contribution in [2.24, 2.45) is 0 Å². The molecule has 34 heavy (non-hydrogen) atoms. The van der Waals surface area contributed by atoms with Crippen molar-refractivity contribution in [3.8, 4) is 11.1 Å². The topological polar surface area (TPSA) is 105 Å². The minimum Gasteiger partial charge on any atom is -0.481 e. The highest BCUT2D eigenvalue weighted by Crippen LogP contribution is 2.44. The fourth-order valence-corrected chi connectivity index (χ4v) is 4.94. The van der Waals surface area contributed by atoms with Gasteiger partial charge >= 0.3 is 12.1 Å². The minimum absolute atomic E-state index is 0.0826. The molecule has 2 aromatic carbocycles. The highest BCUT2D eigenvalue weighted by atomic mass is 16.5. The molecule has 180 valence electrons. The standard InChI is InChI=1S/C26H30N2O6/c1-26(33-2)12-7-13-28(16-26)24(31)22(14-23(29)30)27-25(32)34-15-21-19-10-5-3-8-17(19)18-9-4-6-11-20(18)21/h3-6,8-11,21-22H,7,12-16H2,1-2H3,(H,27,32)(H,29,30). The Labute approximate surface area is 198 Å². The number of benzene rings is 2. The fraction of sp³-hybridized carbons (Fsp3) is 0.423. The van der Waals surface area contributed by atoms with E-state index in [4.69, 9.17) is 9.47 Å². The number of alkyl carbamates (subject to hydrolysis) is 1. The summed E-state index contributed by atoms with van der Waals surface area (Å²) in [5.74, 6) is -1.75. The van der Waals surface area contributed by atoms with Gasteiger partial charge in [0, 0.05) is 26.1 Å². The summed E-state index contributed by atoms with van der Waals surface area (Å²) in [5.41, 5.74) is 3.86. The molecule has 2 aromatic rings. The summed E-state index contributed by atoms with van der Waals surface area (Å²) in [5, 5.41) is 11.8. The van der Waals surface area contributed by atoms with Gasteiger partial charge in [0.1, 0.15) is 12.6 Å². The maximum absolute atomic E-state index is 13.1. The number of methoxy groups -OCH3 is 1. The average Bonchev–Trinajstić information content (AvgIpc) is 3.15. The van der Waals surface area contributed by atoms with Gasteiger partial charge < -0.3 is 24.8 Å². The van der Waals surface area contributed by atoms with Crippen LogP contribution in [-0.4, -0.2) is 66.4 Å². The predicted octanol–water partition coefficient (Wildman–Crippen LogP) is 3.40. The number of fused-ring (bicyclic) bond motifs is 3. The van der Waals surface area contributed by atoms with Gasteiger partial charge in [0.2, 0.25) is 5.91 Å². The van der Waals surface area contributed by atoms with E-state index < -0.39 is 36.0 Å². The molecule has 2 unspecified atom stereocenters. The number of rotatable bonds is 7. The molecule has 1 aliphatic carbocycles. The van der Waals surface area contributed by atoms with Crippen LogP contribution in [-0.2, 0) is 19.1 Å². The van der Waals surface area contributed by atoms with Gasteiger partial charge in [-0.3, -0.25) is 9.59 Å². The van der Waals surface area contributed by atoms with Gasteiger partial charge in [-0.1, -0.05) is 48.5 Å². The third-order valence-electron chi connectivity index (χ3n) is 6.78. The van der Waals surface area contributed by atoms with Crippen molar-refractivity contribution in [2.45, 2.75) is 43.7 Å². The normalized spacial score (nSPS) is 20.2. The minimum atomic E-state index is -1.22. The summed E-state index contributed by atoms with van der Waals surface area (Å²) in [7, 11) is 1.59. The van der Waals surface area contributed by atoms with E-state index >= 15 is 0 Å². The smallest absolute Gasteiger partial charge is 0.407 e. The first-order chi connectivity index (χ1) is 16.3. The monoisotopic (exact) mass is 466 g/mol. The molecule has 1 fully saturated rings. The summed E-state index contributed by atoms with van der Waals surface area (Å²) < 4.78 is 11.0. The van der Waals surface area contributed by atoms with Crippen LogP contribution in [0.3, 0.4) is 0 Å². The van der Waals surface area contributed by atoms with Crippen molar-refractivity contribution >= 4 is 18.0 Å². The van der Waals surface area contributed by atoms with Crippen molar-refractivity contribution in [1.29, 1.82) is 0 Å². The molecule has 8 nitrogen and oxygen atoms in total. The van der Waals surface area contributed by atoms with Crippen molar-refractivity contribution in [3.05, 3.63) is 59.7 Å². The first kappa shape index (κ1) is 23.8. The summed E-state index contributed by atoms with van der Waals surface area (Å²) in [6, 6.07) is 14.8. The lowest BCUT2D eigenvalue weighted by Gasteiger charge is -2.40. The van der Waals surface area contributed by atoms with Crippen LogP contribution in [0.4, 0.5) is 4.79 Å². The average molecular weight is 467 g/mol. The summed E-state index contributed by atoms with van der Waals surface area (Å²) in [4.78, 5) is 38.7. The molecule has 1 saturated heterocycles. The number of ether oxygens (including phenoxy) is 2. The van der Waals surface area contributed by atoms with Gasteiger partial charge in [0.05, 0.1) is 12.0 Å². The maximum atomic E-state index is 13.1. The molecule has 0 aromatic heterocycles. The van der Waals surface area contributed by atoms with E-state index in [9.17, 15) is 19.5 Å². The SMILES string of the molecule is COC1(C)CCCN(C(=O)C(CC(=O)O)NC(=O)OCC2c3ccccc3-c3ccccc32)C1. The van der Waals surface area contributed by atoms with E-state index in [1.807, 2.05) is 55.5 Å². The van der Waals surface area contributed by atoms with E-state index in [0.29, 0.717) is 13.1 Å². The molecule has 0 bridgehead atoms. The second-order valence-electron chi connectivity index (χ2n) is 9.14. The van der Waals surface area contributed by atoms with Crippen molar-refractivity contribution in [3.63, 3.8) is 0 Å². The summed E-state index contributed by atoms with van der Waals surface area (Å²) >= 11 is 0. The first-order valence-corrected chi connectivity index (χ1v) is 11.5. The van der Waals surface area contributed by atoms with Gasteiger partial charge in [-0.25, -0.2) is 4.79 Å². The number of aliphatic carboxylic acids is 1. The Kier molecular flexibility index (Phi) is 6.88. The lowest BCUT2D eigenvalue weighted by Crippen LogP contribution is -2.56. The van der Waals surface area contributed by atoms with E-state index in [1.54, 1.807) is 12.0 Å². The van der Waals surface area contributed by atoms with Crippen molar-refractivity contribution in [1.82, 2.24) is 10.2 Å². The molecule has 2 N–H and O–H groups in total. The predicted molar refractivity (Wildman–Crippen MR) is 125 cm³/mol. The van der Waals surface area contributed by atoms with E-state index in [0.717, 1.165) is 35.1 Å². The Morgan fingerprint density at radius 3 is 2.32 bits per heavy atom. The van der Waals surface area contributed by atoms with Crippen LogP contribution in [0.15, 0.2) is 48.5 Å². The van der Waals surface area contributed by atoms with Crippen LogP contribution in [0.2, 0.25) is 0 Å². The zero-order chi connectivity index (χ0) is 24.3. The van der Waals surface area contributed by atoms with Crippen LogP contribution < -0.4 is 5.32 Å². The molecule has 0 saturated carbocycles. The number of carbonyl (C=O) groups excluding carboxylic acids is 2. The molecular formula is C26H30N2O6. The third-order valence-corrected chi connectivity index (χ3v) is 6.78. The second-order valence-corrected chi connectivity index (χ2v) is 9.14. The summed E-state index contributed by atoms with van der Waals surface area (Å²) in [6.45, 7) is 2.82. The zero-order valence-corrected chi connectivity index (χ0v) is 19.5. The maximum Gasteiger partial charge on any atom is 0.407 e. The number of likely N-dealkylation sites (tertiary alicyclic amines) is 1. The van der Waals surface area contributed by atoms with Gasteiger partial charge in [-0.2, -0.15) is 0 Å². The summed E-state index contributed by atoms with van der Waals surface area (Å²) in [6.07, 6.45) is 0.203. The van der Waals surface area contributed by atoms with Gasteiger partial charge in [0.15, 0.2) is 0 Å². The molecule has 4 rings (SSSR count). The molecule has 8 heteroatoms. The van der Waals surface area contributed by atoms with E-state index in [-0.39, 0.29) is 12.5 Å². The van der Waals surface area contributed by atoms with Gasteiger partial charge in [0.25, 0.3) is 0 Å². The number of amides is 2. The number of piperidine rings is 1. The first-order valence-electron chi connectivity index (χ1n) is 11.5. The molecule has 2 amide bonds. The molecule has 1 aliphatic heterocycles. The lowest BCUT2D eigenvalue weighted by atomic mass is 9.94. The number of carbonyl (C=O) groups is 3. The van der Waals surface area contributed by atoms with Crippen LogP contribution in [0, 0.1) is 0 Å². The van der Waals surface area contributed by atoms with Gasteiger partial charge in [-0.15, -0.1) is 0 Å². The van der Waals surface area contributed by atoms with E-state index in [2.05, 4.69) is 5.32 Å². The number of carboxylic acids is 1. The Morgan fingerprint density at radius 1 is 1.12 bits per heavy atom. The largest absolute Gasteiger partial charge is 0.481 e. The van der Waals surface area contributed by atoms with Crippen LogP contribution in [0.1, 0.15) is 43.2 Å². The lowest BCUT2D eigenvalue weighted by molar-refractivity contribution is -0.146. The van der Waals surface area contributed by atoms with Gasteiger partial charge in [-0.05, 0) is 42.0 Å². The fourth-order valence-electron chi connectivity index (χ4n) is 4.94.